The molecule has 0 aromatic heterocycles. The number of hydrogen-bond acceptors (Lipinski definition) is 3. The predicted molar refractivity (Wildman–Crippen MR) is 61.1 cm³/mol. The molecule has 0 bridgehead atoms. The molecule has 0 radical (unpaired) electrons. The topological polar surface area (TPSA) is 33.3 Å². The zero-order chi connectivity index (χ0) is 10.5. The van der Waals surface area contributed by atoms with Crippen molar-refractivity contribution in [1.29, 1.82) is 0 Å². The van der Waals surface area contributed by atoms with E-state index in [1.54, 1.807) is 7.11 Å². The predicted octanol–water partition coefficient (Wildman–Crippen LogP) is 1.15. The van der Waals surface area contributed by atoms with Gasteiger partial charge in [0.2, 0.25) is 0 Å². The van der Waals surface area contributed by atoms with Crippen LogP contribution < -0.4 is 15.4 Å². The molecule has 15 heavy (non-hydrogen) atoms. The summed E-state index contributed by atoms with van der Waals surface area (Å²) in [6, 6.07) is 8.85. The molecular formula is C12H18N2O. The van der Waals surface area contributed by atoms with Crippen LogP contribution in [0.3, 0.4) is 0 Å². The van der Waals surface area contributed by atoms with Gasteiger partial charge in [-0.05, 0) is 30.7 Å². The minimum atomic E-state index is 0.632. The van der Waals surface area contributed by atoms with Gasteiger partial charge in [0.05, 0.1) is 7.11 Å². The molecule has 82 valence electrons. The number of ether oxygens (including phenoxy) is 1. The van der Waals surface area contributed by atoms with Crippen LogP contribution in [-0.2, 0) is 6.54 Å². The molecule has 1 aliphatic rings. The van der Waals surface area contributed by atoms with E-state index in [4.69, 9.17) is 4.74 Å². The highest BCUT2D eigenvalue weighted by Crippen LogP contribution is 2.11. The van der Waals surface area contributed by atoms with Gasteiger partial charge in [-0.15, -0.1) is 0 Å². The van der Waals surface area contributed by atoms with Crippen molar-refractivity contribution in [3.05, 3.63) is 29.8 Å². The fourth-order valence-corrected chi connectivity index (χ4v) is 1.83. The lowest BCUT2D eigenvalue weighted by molar-refractivity contribution is 0.414. The van der Waals surface area contributed by atoms with E-state index in [9.17, 15) is 0 Å². The molecule has 3 nitrogen and oxygen atoms in total. The number of methoxy groups -OCH3 is 1. The summed E-state index contributed by atoms with van der Waals surface area (Å²) < 4.78 is 5.12. The largest absolute Gasteiger partial charge is 0.497 e. The van der Waals surface area contributed by atoms with Gasteiger partial charge in [0.1, 0.15) is 5.75 Å². The van der Waals surface area contributed by atoms with Crippen LogP contribution in [0.1, 0.15) is 12.0 Å². The lowest BCUT2D eigenvalue weighted by atomic mass is 10.2. The van der Waals surface area contributed by atoms with Crippen molar-refractivity contribution in [2.45, 2.75) is 19.0 Å². The fourth-order valence-electron chi connectivity index (χ4n) is 1.83. The molecule has 3 heteroatoms. The summed E-state index contributed by atoms with van der Waals surface area (Å²) in [5.41, 5.74) is 1.31. The van der Waals surface area contributed by atoms with Crippen molar-refractivity contribution in [2.24, 2.45) is 0 Å². The molecule has 1 saturated heterocycles. The standard InChI is InChI=1S/C12H18N2O/c1-15-12-4-2-10(3-5-12)8-14-11-6-7-13-9-11/h2-5,11,13-14H,6-9H2,1H3. The molecule has 1 aromatic rings. The summed E-state index contributed by atoms with van der Waals surface area (Å²) >= 11 is 0. The Kier molecular flexibility index (Phi) is 3.59. The Labute approximate surface area is 90.8 Å². The highest BCUT2D eigenvalue weighted by atomic mass is 16.5. The Morgan fingerprint density at radius 3 is 2.80 bits per heavy atom. The molecule has 0 saturated carbocycles. The van der Waals surface area contributed by atoms with Crippen LogP contribution in [0.15, 0.2) is 24.3 Å². The molecule has 1 unspecified atom stereocenters. The number of nitrogens with one attached hydrogen (secondary N) is 2. The summed E-state index contributed by atoms with van der Waals surface area (Å²) in [4.78, 5) is 0. The lowest BCUT2D eigenvalue weighted by Gasteiger charge is -2.11. The minimum Gasteiger partial charge on any atom is -0.497 e. The molecule has 1 aliphatic heterocycles. The van der Waals surface area contributed by atoms with E-state index in [0.29, 0.717) is 6.04 Å². The quantitative estimate of drug-likeness (QED) is 0.775. The smallest absolute Gasteiger partial charge is 0.118 e. The maximum atomic E-state index is 5.12. The lowest BCUT2D eigenvalue weighted by Crippen LogP contribution is -2.30. The maximum Gasteiger partial charge on any atom is 0.118 e. The van der Waals surface area contributed by atoms with Crippen LogP contribution in [0.25, 0.3) is 0 Å². The monoisotopic (exact) mass is 206 g/mol. The first-order chi connectivity index (χ1) is 7.38. The van der Waals surface area contributed by atoms with Gasteiger partial charge in [0.25, 0.3) is 0 Å². The van der Waals surface area contributed by atoms with Gasteiger partial charge in [-0.25, -0.2) is 0 Å². The van der Waals surface area contributed by atoms with Crippen molar-refractivity contribution in [3.8, 4) is 5.75 Å². The molecule has 0 aliphatic carbocycles. The third kappa shape index (κ3) is 2.94. The Balaban J connectivity index is 1.82. The first-order valence-electron chi connectivity index (χ1n) is 5.45. The zero-order valence-corrected chi connectivity index (χ0v) is 9.12. The van der Waals surface area contributed by atoms with E-state index in [1.165, 1.54) is 12.0 Å². The van der Waals surface area contributed by atoms with Crippen LogP contribution in [0.2, 0.25) is 0 Å². The van der Waals surface area contributed by atoms with E-state index in [1.807, 2.05) is 12.1 Å². The van der Waals surface area contributed by atoms with Crippen LogP contribution >= 0.6 is 0 Å². The molecule has 2 N–H and O–H groups in total. The molecule has 2 rings (SSSR count). The Bertz CT molecular complexity index is 291. The first kappa shape index (κ1) is 10.5. The minimum absolute atomic E-state index is 0.632. The van der Waals surface area contributed by atoms with Crippen molar-refractivity contribution in [3.63, 3.8) is 0 Å². The second kappa shape index (κ2) is 5.14. The van der Waals surface area contributed by atoms with Crippen molar-refractivity contribution in [2.75, 3.05) is 20.2 Å². The van der Waals surface area contributed by atoms with Gasteiger partial charge in [-0.1, -0.05) is 12.1 Å². The van der Waals surface area contributed by atoms with Crippen LogP contribution in [0.4, 0.5) is 0 Å². The summed E-state index contributed by atoms with van der Waals surface area (Å²) in [5.74, 6) is 0.918. The second-order valence-electron chi connectivity index (χ2n) is 3.92. The van der Waals surface area contributed by atoms with Gasteiger partial charge in [0.15, 0.2) is 0 Å². The summed E-state index contributed by atoms with van der Waals surface area (Å²) in [6.07, 6.45) is 1.23. The molecular weight excluding hydrogens is 188 g/mol. The maximum absolute atomic E-state index is 5.12. The van der Waals surface area contributed by atoms with Crippen LogP contribution in [0.5, 0.6) is 5.75 Å². The molecule has 1 fully saturated rings. The van der Waals surface area contributed by atoms with Gasteiger partial charge in [-0.3, -0.25) is 0 Å². The summed E-state index contributed by atoms with van der Waals surface area (Å²) in [7, 11) is 1.69. The van der Waals surface area contributed by atoms with E-state index in [0.717, 1.165) is 25.4 Å². The van der Waals surface area contributed by atoms with Gasteiger partial charge < -0.3 is 15.4 Å². The summed E-state index contributed by atoms with van der Waals surface area (Å²) in [6.45, 7) is 3.17. The van der Waals surface area contributed by atoms with E-state index < -0.39 is 0 Å². The third-order valence-corrected chi connectivity index (χ3v) is 2.81. The van der Waals surface area contributed by atoms with Gasteiger partial charge in [0, 0.05) is 19.1 Å². The van der Waals surface area contributed by atoms with Gasteiger partial charge in [-0.2, -0.15) is 0 Å². The highest BCUT2D eigenvalue weighted by molar-refractivity contribution is 5.27. The molecule has 1 atom stereocenters. The molecule has 0 amide bonds. The number of rotatable bonds is 4. The Hall–Kier alpha value is -1.06. The number of hydrogen-bond donors (Lipinski definition) is 2. The van der Waals surface area contributed by atoms with Crippen LogP contribution in [-0.4, -0.2) is 26.2 Å². The zero-order valence-electron chi connectivity index (χ0n) is 9.12. The normalized spacial score (nSPS) is 20.5. The highest BCUT2D eigenvalue weighted by Gasteiger charge is 2.12. The van der Waals surface area contributed by atoms with Crippen molar-refractivity contribution < 1.29 is 4.74 Å². The molecule has 0 spiro atoms. The third-order valence-electron chi connectivity index (χ3n) is 2.81. The average molecular weight is 206 g/mol. The van der Waals surface area contributed by atoms with Crippen molar-refractivity contribution >= 4 is 0 Å². The molecule has 1 heterocycles. The fraction of sp³-hybridized carbons (Fsp3) is 0.500. The van der Waals surface area contributed by atoms with Gasteiger partial charge >= 0.3 is 0 Å². The van der Waals surface area contributed by atoms with E-state index in [2.05, 4.69) is 22.8 Å². The second-order valence-corrected chi connectivity index (χ2v) is 3.92. The van der Waals surface area contributed by atoms with E-state index in [-0.39, 0.29) is 0 Å². The number of benzene rings is 1. The molecule has 1 aromatic carbocycles. The van der Waals surface area contributed by atoms with Crippen molar-refractivity contribution in [1.82, 2.24) is 10.6 Å². The Morgan fingerprint density at radius 1 is 1.40 bits per heavy atom. The first-order valence-corrected chi connectivity index (χ1v) is 5.45. The van der Waals surface area contributed by atoms with Crippen LogP contribution in [0, 0.1) is 0 Å². The SMILES string of the molecule is COc1ccc(CNC2CCNC2)cc1. The van der Waals surface area contributed by atoms with E-state index >= 15 is 0 Å². The average Bonchev–Trinajstić information content (AvgIpc) is 2.80. The summed E-state index contributed by atoms with van der Waals surface area (Å²) in [5, 5.41) is 6.88. The Morgan fingerprint density at radius 2 is 2.20 bits per heavy atom.